The minimum atomic E-state index is -2.88. The van der Waals surface area contributed by atoms with Crippen molar-refractivity contribution in [3.63, 3.8) is 0 Å². The lowest BCUT2D eigenvalue weighted by Gasteiger charge is -2.24. The average molecular weight is 378 g/mol. The standard InChI is InChI=1S/C17H21N5O5/c1-16(2,3)15(25)26-6-10-12(23)13(24)17(7-18,27-10)11-5-4-9-14(19)20-8-21-22(9)11/h4-5,8,10,12-13,23-24H,6H2,1-3H3,(H2,19,20,21)/t10-,12-,13-,17+/m1/s1/i4D,6D2. The van der Waals surface area contributed by atoms with Gasteiger partial charge in [-0.3, -0.25) is 19.8 Å². The zero-order chi connectivity index (χ0) is 22.6. The molecule has 3 rings (SSSR count). The maximum atomic E-state index is 12.2. The molecule has 0 aliphatic carbocycles. The van der Waals surface area contributed by atoms with E-state index in [1.807, 2.05) is 0 Å². The summed E-state index contributed by atoms with van der Waals surface area (Å²) in [5.41, 5.74) is -3.81. The Bertz CT molecular complexity index is 1100. The second-order valence-corrected chi connectivity index (χ2v) is 7.17. The minimum Gasteiger partial charge on any atom is -0.462 e. The van der Waals surface area contributed by atoms with Crippen LogP contribution >= 0.6 is 0 Å². The number of hydrogen-bond acceptors (Lipinski definition) is 8. The molecule has 1 fully saturated rings. The van der Waals surface area contributed by atoms with Crippen molar-refractivity contribution < 1.29 is 28.6 Å². The third kappa shape index (κ3) is 2.99. The molecule has 10 nitrogen and oxygen atoms in total. The van der Waals surface area contributed by atoms with Gasteiger partial charge in [-0.1, -0.05) is 0 Å². The average Bonchev–Trinajstić information content (AvgIpc) is 3.11. The van der Waals surface area contributed by atoms with E-state index < -0.39 is 41.9 Å². The van der Waals surface area contributed by atoms with Crippen molar-refractivity contribution in [2.24, 2.45) is 5.41 Å². The molecule has 2 aromatic heterocycles. The van der Waals surface area contributed by atoms with E-state index in [-0.39, 0.29) is 22.7 Å². The van der Waals surface area contributed by atoms with Crippen LogP contribution in [0.3, 0.4) is 0 Å². The number of hydrogen-bond donors (Lipinski definition) is 4. The number of fused-ring (bicyclic) bond motifs is 1. The molecule has 0 unspecified atom stereocenters. The van der Waals surface area contributed by atoms with Gasteiger partial charge in [0.25, 0.3) is 0 Å². The van der Waals surface area contributed by atoms with E-state index in [1.165, 1.54) is 20.8 Å². The first-order valence-electron chi connectivity index (χ1n) is 9.55. The van der Waals surface area contributed by atoms with Gasteiger partial charge in [0.1, 0.15) is 42.8 Å². The van der Waals surface area contributed by atoms with E-state index in [0.29, 0.717) is 0 Å². The molecule has 0 aromatic carbocycles. The maximum Gasteiger partial charge on any atom is 0.311 e. The highest BCUT2D eigenvalue weighted by Gasteiger charge is 2.57. The number of ether oxygens (including phenoxy) is 2. The lowest BCUT2D eigenvalue weighted by molar-refractivity contribution is -0.159. The number of nitriles is 1. The maximum absolute atomic E-state index is 12.2. The molecule has 27 heavy (non-hydrogen) atoms. The summed E-state index contributed by atoms with van der Waals surface area (Å²) in [6, 6.07) is 2.68. The van der Waals surface area contributed by atoms with E-state index in [0.717, 1.165) is 16.9 Å². The molecule has 0 spiro atoms. The molecule has 3 heterocycles. The highest BCUT2D eigenvalue weighted by Crippen LogP contribution is 2.40. The second-order valence-electron chi connectivity index (χ2n) is 7.17. The van der Waals surface area contributed by atoms with Crippen LogP contribution in [0, 0.1) is 22.2 Å². The molecule has 0 saturated carbocycles. The third-order valence-corrected chi connectivity index (χ3v) is 4.20. The van der Waals surface area contributed by atoms with Crippen molar-refractivity contribution in [3.05, 3.63) is 29.6 Å². The molecule has 1 aliphatic rings. The van der Waals surface area contributed by atoms with Crippen molar-refractivity contribution >= 4 is 11.5 Å². The zero-order valence-corrected chi connectivity index (χ0v) is 14.8. The summed E-state index contributed by atoms with van der Waals surface area (Å²) in [7, 11) is 0. The predicted octanol–water partition coefficient (Wildman–Crippen LogP) is -0.429. The first-order valence-corrected chi connectivity index (χ1v) is 8.05. The van der Waals surface area contributed by atoms with Gasteiger partial charge < -0.3 is 19.7 Å². The zero-order valence-electron chi connectivity index (χ0n) is 17.8. The Morgan fingerprint density at radius 2 is 2.37 bits per heavy atom. The molecular formula is C17H21N5O5. The van der Waals surface area contributed by atoms with Gasteiger partial charge in [0, 0.05) is 0 Å². The Balaban J connectivity index is 2.09. The Morgan fingerprint density at radius 3 is 3.00 bits per heavy atom. The van der Waals surface area contributed by atoms with Crippen LogP contribution in [-0.4, -0.2) is 55.7 Å². The number of aliphatic hydroxyl groups excluding tert-OH is 2. The summed E-state index contributed by atoms with van der Waals surface area (Å²) in [5, 5.41) is 41.5. The fourth-order valence-corrected chi connectivity index (χ4v) is 2.65. The largest absolute Gasteiger partial charge is 0.462 e. The number of aromatic nitrogens is 3. The van der Waals surface area contributed by atoms with Crippen LogP contribution in [0.4, 0.5) is 0 Å². The van der Waals surface area contributed by atoms with Gasteiger partial charge in [-0.2, -0.15) is 5.26 Å². The number of rotatable bonds is 3. The molecule has 4 N–H and O–H groups in total. The quantitative estimate of drug-likeness (QED) is 0.528. The summed E-state index contributed by atoms with van der Waals surface area (Å²) < 4.78 is 35.8. The monoisotopic (exact) mass is 378 g/mol. The summed E-state index contributed by atoms with van der Waals surface area (Å²) in [6.45, 7) is 1.65. The van der Waals surface area contributed by atoms with Crippen LogP contribution in [0.5, 0.6) is 0 Å². The van der Waals surface area contributed by atoms with Gasteiger partial charge in [0.05, 0.1) is 15.2 Å². The number of aliphatic hydroxyl groups is 2. The summed E-state index contributed by atoms with van der Waals surface area (Å²) >= 11 is 0. The third-order valence-electron chi connectivity index (χ3n) is 4.20. The Kier molecular flexibility index (Phi) is 3.66. The minimum absolute atomic E-state index is 0.0157. The smallest absolute Gasteiger partial charge is 0.311 e. The fourth-order valence-electron chi connectivity index (χ4n) is 2.65. The number of carbonyl (C=O) groups excluding carboxylic acids is 1. The molecule has 10 heteroatoms. The van der Waals surface area contributed by atoms with Gasteiger partial charge in [0.2, 0.25) is 5.60 Å². The molecule has 0 amide bonds. The van der Waals surface area contributed by atoms with E-state index in [1.54, 1.807) is 6.07 Å². The molecule has 1 aliphatic heterocycles. The second kappa shape index (κ2) is 6.45. The van der Waals surface area contributed by atoms with Crippen LogP contribution in [0.15, 0.2) is 18.4 Å². The van der Waals surface area contributed by atoms with E-state index in [4.69, 9.17) is 19.0 Å². The van der Waals surface area contributed by atoms with Gasteiger partial charge >= 0.3 is 5.97 Å². The van der Waals surface area contributed by atoms with E-state index in [2.05, 4.69) is 10.1 Å². The van der Waals surface area contributed by atoms with Crippen LogP contribution in [0.25, 0.3) is 5.52 Å². The van der Waals surface area contributed by atoms with Crippen molar-refractivity contribution in [2.45, 2.75) is 44.7 Å². The number of nitrogens with zero attached hydrogens (tertiary/aromatic N) is 3. The van der Waals surface area contributed by atoms with Crippen LogP contribution in [0.2, 0.25) is 0 Å². The first kappa shape index (κ1) is 15.3. The van der Waals surface area contributed by atoms with Crippen molar-refractivity contribution in [2.75, 3.05) is 6.56 Å². The Morgan fingerprint density at radius 1 is 1.67 bits per heavy atom. The van der Waals surface area contributed by atoms with Gasteiger partial charge in [-0.05, 0) is 32.9 Å². The summed E-state index contributed by atoms with van der Waals surface area (Å²) in [4.78, 5) is 15.9. The molecule has 2 aromatic rings. The van der Waals surface area contributed by atoms with Crippen LogP contribution < -0.4 is 5.49 Å². The number of H-pyrrole nitrogens is 1. The molecule has 144 valence electrons. The molecule has 4 atom stereocenters. The van der Waals surface area contributed by atoms with Crippen molar-refractivity contribution in [3.8, 4) is 6.07 Å². The van der Waals surface area contributed by atoms with Crippen molar-refractivity contribution in [1.29, 1.82) is 10.7 Å². The number of nitrogens with one attached hydrogen (secondary N) is 2. The molecular weight excluding hydrogens is 354 g/mol. The first-order chi connectivity index (χ1) is 13.8. The van der Waals surface area contributed by atoms with Gasteiger partial charge in [-0.25, -0.2) is 4.98 Å². The normalized spacial score (nSPS) is 30.4. The lowest BCUT2D eigenvalue weighted by atomic mass is 9.92. The molecule has 0 radical (unpaired) electrons. The lowest BCUT2D eigenvalue weighted by Crippen LogP contribution is -2.41. The number of aromatic amines is 1. The highest BCUT2D eigenvalue weighted by atomic mass is 16.6. The number of esters is 1. The van der Waals surface area contributed by atoms with Gasteiger partial charge in [0.15, 0.2) is 5.49 Å². The van der Waals surface area contributed by atoms with E-state index in [9.17, 15) is 20.3 Å². The van der Waals surface area contributed by atoms with Crippen LogP contribution in [0.1, 0.15) is 30.6 Å². The van der Waals surface area contributed by atoms with Gasteiger partial charge in [-0.15, -0.1) is 0 Å². The topological polar surface area (TPSA) is 157 Å². The summed E-state index contributed by atoms with van der Waals surface area (Å²) in [5.74, 6) is -0.910. The Hall–Kier alpha value is -2.74. The SMILES string of the molecule is [2H]c1cc([C@]2(C#N)O[C@H](C([2H])([2H])OC(=O)C(C)(C)C)[C@@H](O)[C@H]2O)n2[nH]cnc(=N)c12. The highest BCUT2D eigenvalue weighted by molar-refractivity contribution is 5.75. The molecule has 1 saturated heterocycles. The fraction of sp³-hybridized carbons (Fsp3) is 0.529. The Labute approximate surface area is 158 Å². The van der Waals surface area contributed by atoms with Crippen LogP contribution in [-0.2, 0) is 19.9 Å². The van der Waals surface area contributed by atoms with E-state index >= 15 is 0 Å². The molecule has 0 bridgehead atoms. The summed E-state index contributed by atoms with van der Waals surface area (Å²) in [6.07, 6.45) is -4.67. The predicted molar refractivity (Wildman–Crippen MR) is 90.0 cm³/mol. The number of carbonyl (C=O) groups is 1. The van der Waals surface area contributed by atoms with Crippen molar-refractivity contribution in [1.82, 2.24) is 14.6 Å².